The van der Waals surface area contributed by atoms with E-state index in [0.29, 0.717) is 12.8 Å². The predicted octanol–water partition coefficient (Wildman–Crippen LogP) is 1.13. The maximum atomic E-state index is 12.6. The molecule has 2 saturated heterocycles. The lowest BCUT2D eigenvalue weighted by Gasteiger charge is -2.56. The molecule has 0 amide bonds. The van der Waals surface area contributed by atoms with Crippen molar-refractivity contribution in [2.75, 3.05) is 7.11 Å². The van der Waals surface area contributed by atoms with Crippen LogP contribution in [0.15, 0.2) is 23.8 Å². The van der Waals surface area contributed by atoms with Crippen molar-refractivity contribution in [2.45, 2.75) is 23.3 Å². The normalized spacial score (nSPS) is 42.8. The Kier molecular flexibility index (Phi) is 3.36. The molecular weight excluding hydrogens is 380 g/mol. The van der Waals surface area contributed by atoms with Crippen molar-refractivity contribution in [1.82, 2.24) is 0 Å². The Bertz CT molecular complexity index is 737. The fourth-order valence-corrected chi connectivity index (χ4v) is 5.64. The number of ether oxygens (including phenoxy) is 2. The van der Waals surface area contributed by atoms with Crippen LogP contribution in [0.25, 0.3) is 0 Å². The maximum absolute atomic E-state index is 12.6. The summed E-state index contributed by atoms with van der Waals surface area (Å²) in [6, 6.07) is 0. The van der Waals surface area contributed by atoms with Crippen LogP contribution in [0.1, 0.15) is 12.8 Å². The van der Waals surface area contributed by atoms with E-state index in [9.17, 15) is 19.2 Å². The number of alkyl halides is 1. The first-order valence-corrected chi connectivity index (χ1v) is 8.62. The average molecular weight is 395 g/mol. The molecule has 1 saturated carbocycles. The van der Waals surface area contributed by atoms with Crippen molar-refractivity contribution in [3.8, 4) is 0 Å². The van der Waals surface area contributed by atoms with Crippen LogP contribution >= 0.6 is 15.9 Å². The molecule has 24 heavy (non-hydrogen) atoms. The molecule has 0 N–H and O–H groups in total. The van der Waals surface area contributed by atoms with Gasteiger partial charge in [0.15, 0.2) is 11.6 Å². The van der Waals surface area contributed by atoms with E-state index >= 15 is 0 Å². The summed E-state index contributed by atoms with van der Waals surface area (Å²) < 4.78 is 8.94. The fourth-order valence-electron chi connectivity index (χ4n) is 4.62. The molecule has 2 aliphatic heterocycles. The Morgan fingerprint density at radius 2 is 2.00 bits per heavy atom. The largest absolute Gasteiger partial charge is 0.469 e. The fraction of sp³-hybridized carbons (Fsp3) is 0.529. The zero-order valence-corrected chi connectivity index (χ0v) is 14.4. The van der Waals surface area contributed by atoms with Crippen molar-refractivity contribution >= 4 is 39.4 Å². The van der Waals surface area contributed by atoms with Gasteiger partial charge in [-0.25, -0.2) is 0 Å². The lowest BCUT2D eigenvalue weighted by atomic mass is 9.54. The van der Waals surface area contributed by atoms with Gasteiger partial charge < -0.3 is 9.47 Å². The molecule has 126 valence electrons. The lowest BCUT2D eigenvalue weighted by Crippen LogP contribution is -2.67. The van der Waals surface area contributed by atoms with Gasteiger partial charge in [0.2, 0.25) is 0 Å². The molecule has 1 unspecified atom stereocenters. The molecule has 6 atom stereocenters. The monoisotopic (exact) mass is 394 g/mol. The predicted molar refractivity (Wildman–Crippen MR) is 84.0 cm³/mol. The van der Waals surface area contributed by atoms with Gasteiger partial charge in [-0.15, -0.1) is 0 Å². The molecule has 6 nitrogen and oxygen atoms in total. The standard InChI is InChI=1S/C17H15BrO6/c1-23-15(21)9-6-12-8-3-2-7-10(19)4-5-11(20)13(7)14(8)17(9,18)16(22)24-12/h3-5,7,9,12-14H,2,6H2,1H3/t7-,9?,12+,13-,14-,17+/m1/s1. The van der Waals surface area contributed by atoms with Crippen molar-refractivity contribution in [1.29, 1.82) is 0 Å². The Labute approximate surface area is 146 Å². The molecule has 2 heterocycles. The number of methoxy groups -OCH3 is 1. The number of allylic oxidation sites excluding steroid dienone is 3. The second-order valence-corrected chi connectivity index (χ2v) is 7.97. The third-order valence-electron chi connectivity index (χ3n) is 5.69. The minimum absolute atomic E-state index is 0.115. The van der Waals surface area contributed by atoms with Gasteiger partial charge in [0.05, 0.1) is 13.0 Å². The third kappa shape index (κ3) is 1.82. The first-order valence-electron chi connectivity index (χ1n) is 7.83. The van der Waals surface area contributed by atoms with Crippen molar-refractivity contribution in [2.24, 2.45) is 23.7 Å². The van der Waals surface area contributed by atoms with E-state index in [1.165, 1.54) is 19.3 Å². The van der Waals surface area contributed by atoms with Crippen LogP contribution in [-0.4, -0.2) is 41.0 Å². The highest BCUT2D eigenvalue weighted by molar-refractivity contribution is 9.10. The van der Waals surface area contributed by atoms with Gasteiger partial charge in [-0.05, 0) is 24.1 Å². The Balaban J connectivity index is 1.87. The Morgan fingerprint density at radius 1 is 1.29 bits per heavy atom. The Hall–Kier alpha value is -1.76. The van der Waals surface area contributed by atoms with Gasteiger partial charge in [0.1, 0.15) is 10.4 Å². The van der Waals surface area contributed by atoms with Crippen LogP contribution in [0.4, 0.5) is 0 Å². The molecule has 3 aliphatic carbocycles. The highest BCUT2D eigenvalue weighted by Gasteiger charge is 2.68. The molecular formula is C17H15BrO6. The van der Waals surface area contributed by atoms with Gasteiger partial charge >= 0.3 is 11.9 Å². The van der Waals surface area contributed by atoms with Crippen LogP contribution in [0, 0.1) is 23.7 Å². The van der Waals surface area contributed by atoms with Gasteiger partial charge in [-0.3, -0.25) is 19.2 Å². The first-order chi connectivity index (χ1) is 11.4. The third-order valence-corrected chi connectivity index (χ3v) is 7.06. The molecule has 7 heteroatoms. The number of rotatable bonds is 1. The van der Waals surface area contributed by atoms with Gasteiger partial charge in [0.25, 0.3) is 0 Å². The zero-order valence-electron chi connectivity index (χ0n) is 12.9. The molecule has 5 rings (SSSR count). The van der Waals surface area contributed by atoms with E-state index in [1.54, 1.807) is 0 Å². The Morgan fingerprint density at radius 3 is 2.71 bits per heavy atom. The van der Waals surface area contributed by atoms with Crippen LogP contribution in [0.3, 0.4) is 0 Å². The van der Waals surface area contributed by atoms with Crippen LogP contribution in [0.5, 0.6) is 0 Å². The summed E-state index contributed by atoms with van der Waals surface area (Å²) in [6.45, 7) is 0. The molecule has 3 fully saturated rings. The smallest absolute Gasteiger partial charge is 0.325 e. The van der Waals surface area contributed by atoms with Crippen LogP contribution in [0.2, 0.25) is 0 Å². The number of fused-ring (bicyclic) bond motifs is 3. The van der Waals surface area contributed by atoms with E-state index in [1.807, 2.05) is 6.08 Å². The van der Waals surface area contributed by atoms with Crippen LogP contribution in [-0.2, 0) is 28.7 Å². The van der Waals surface area contributed by atoms with Crippen molar-refractivity contribution in [3.63, 3.8) is 0 Å². The number of ketones is 2. The summed E-state index contributed by atoms with van der Waals surface area (Å²) in [7, 11) is 1.27. The quantitative estimate of drug-likeness (QED) is 0.376. The molecule has 0 radical (unpaired) electrons. The summed E-state index contributed by atoms with van der Waals surface area (Å²) in [5.41, 5.74) is 0.837. The SMILES string of the molecule is COC(=O)C1C[C@@H]2OC(=O)[C@@]1(Br)[C@@H]1C2=CC[C@@H]2C(=O)C=CC(=O)[C@@H]21. The van der Waals surface area contributed by atoms with E-state index < -0.39 is 46.0 Å². The van der Waals surface area contributed by atoms with E-state index in [2.05, 4.69) is 15.9 Å². The lowest BCUT2D eigenvalue weighted by molar-refractivity contribution is -0.179. The topological polar surface area (TPSA) is 86.7 Å². The van der Waals surface area contributed by atoms with E-state index in [4.69, 9.17) is 9.47 Å². The van der Waals surface area contributed by atoms with Gasteiger partial charge in [-0.2, -0.15) is 0 Å². The number of hydrogen-bond acceptors (Lipinski definition) is 6. The summed E-state index contributed by atoms with van der Waals surface area (Å²) in [4.78, 5) is 49.6. The summed E-state index contributed by atoms with van der Waals surface area (Å²) in [5, 5.41) is 0. The molecule has 0 aromatic rings. The molecule has 0 aromatic carbocycles. The zero-order chi connectivity index (χ0) is 17.2. The van der Waals surface area contributed by atoms with Crippen molar-refractivity contribution < 1.29 is 28.7 Å². The molecule has 2 bridgehead atoms. The highest BCUT2D eigenvalue weighted by Crippen LogP contribution is 2.59. The minimum atomic E-state index is -1.37. The second kappa shape index (κ2) is 5.12. The van der Waals surface area contributed by atoms with Gasteiger partial charge in [0, 0.05) is 24.2 Å². The van der Waals surface area contributed by atoms with Gasteiger partial charge in [-0.1, -0.05) is 22.0 Å². The number of hydrogen-bond donors (Lipinski definition) is 0. The number of halogens is 1. The number of carbonyl (C=O) groups excluding carboxylic acids is 4. The van der Waals surface area contributed by atoms with Crippen LogP contribution < -0.4 is 0 Å². The molecule has 5 aliphatic rings. The highest BCUT2D eigenvalue weighted by atomic mass is 79.9. The minimum Gasteiger partial charge on any atom is -0.469 e. The first kappa shape index (κ1) is 15.7. The van der Waals surface area contributed by atoms with E-state index in [0.717, 1.165) is 5.57 Å². The molecule has 0 aromatic heterocycles. The summed E-state index contributed by atoms with van der Waals surface area (Å²) in [5.74, 6) is -3.83. The summed E-state index contributed by atoms with van der Waals surface area (Å²) in [6.07, 6.45) is 4.72. The summed E-state index contributed by atoms with van der Waals surface area (Å²) >= 11 is 3.45. The molecule has 0 spiro atoms. The number of esters is 2. The second-order valence-electron chi connectivity index (χ2n) is 6.66. The van der Waals surface area contributed by atoms with E-state index in [-0.39, 0.29) is 11.6 Å². The van der Waals surface area contributed by atoms with Crippen molar-refractivity contribution in [3.05, 3.63) is 23.8 Å². The number of carbonyl (C=O) groups is 4. The maximum Gasteiger partial charge on any atom is 0.325 e. The average Bonchev–Trinajstić information content (AvgIpc) is 2.58.